The van der Waals surface area contributed by atoms with Crippen LogP contribution in [0, 0.1) is 17.1 Å². The molecule has 0 aromatic heterocycles. The molecule has 21 heavy (non-hydrogen) atoms. The van der Waals surface area contributed by atoms with Crippen LogP contribution in [0.5, 0.6) is 5.75 Å². The minimum Gasteiger partial charge on any atom is -0.487 e. The Kier molecular flexibility index (Phi) is 3.74. The first-order chi connectivity index (χ1) is 10.3. The fourth-order valence-electron chi connectivity index (χ4n) is 2.56. The second kappa shape index (κ2) is 5.84. The number of hydrogen-bond acceptors (Lipinski definition) is 3. The van der Waals surface area contributed by atoms with E-state index < -0.39 is 5.82 Å². The number of benzene rings is 2. The number of nitrogens with one attached hydrogen (secondary N) is 1. The van der Waals surface area contributed by atoms with Gasteiger partial charge in [0.15, 0.2) is 0 Å². The number of rotatable bonds is 3. The monoisotopic (exact) mass is 282 g/mol. The number of nitriles is 1. The molecule has 0 radical (unpaired) electrons. The number of nitrogens with zero attached hydrogens (tertiary/aromatic N) is 1. The van der Waals surface area contributed by atoms with Crippen molar-refractivity contribution in [1.29, 1.82) is 5.26 Å². The Balaban J connectivity index is 1.79. The molecule has 106 valence electrons. The first-order valence-electron chi connectivity index (χ1n) is 6.94. The topological polar surface area (TPSA) is 45.0 Å². The molecule has 3 rings (SSSR count). The van der Waals surface area contributed by atoms with Gasteiger partial charge < -0.3 is 10.1 Å². The molecule has 0 spiro atoms. The Morgan fingerprint density at radius 2 is 2.19 bits per heavy atom. The van der Waals surface area contributed by atoms with E-state index in [1.54, 1.807) is 6.07 Å². The van der Waals surface area contributed by atoms with Gasteiger partial charge in [-0.05, 0) is 48.2 Å². The molecular formula is C17H15FN2O. The van der Waals surface area contributed by atoms with Gasteiger partial charge in [-0.15, -0.1) is 0 Å². The number of ether oxygens (including phenoxy) is 1. The van der Waals surface area contributed by atoms with Crippen LogP contribution >= 0.6 is 0 Å². The maximum Gasteiger partial charge on any atom is 0.143 e. The Bertz CT molecular complexity index is 706. The third kappa shape index (κ3) is 2.97. The van der Waals surface area contributed by atoms with Crippen LogP contribution in [-0.2, 0) is 13.0 Å². The summed E-state index contributed by atoms with van der Waals surface area (Å²) in [5.41, 5.74) is 3.23. The third-order valence-electron chi connectivity index (χ3n) is 3.52. The molecule has 0 saturated carbocycles. The zero-order valence-electron chi connectivity index (χ0n) is 11.5. The van der Waals surface area contributed by atoms with Gasteiger partial charge in [-0.3, -0.25) is 0 Å². The maximum absolute atomic E-state index is 13.4. The van der Waals surface area contributed by atoms with Crippen molar-refractivity contribution < 1.29 is 9.13 Å². The highest BCUT2D eigenvalue weighted by atomic mass is 19.1. The number of fused-ring (bicyclic) bond motifs is 1. The van der Waals surface area contributed by atoms with Crippen molar-refractivity contribution in [2.75, 3.05) is 11.9 Å². The molecule has 0 bridgehead atoms. The number of para-hydroxylation sites is 1. The molecule has 3 nitrogen and oxygen atoms in total. The van der Waals surface area contributed by atoms with Gasteiger partial charge in [-0.1, -0.05) is 12.1 Å². The fraction of sp³-hybridized carbons (Fsp3) is 0.235. The van der Waals surface area contributed by atoms with Crippen molar-refractivity contribution in [2.45, 2.75) is 19.4 Å². The number of halogens is 1. The van der Waals surface area contributed by atoms with Gasteiger partial charge in [-0.25, -0.2) is 4.39 Å². The number of hydrogen-bond donors (Lipinski definition) is 1. The fourth-order valence-corrected chi connectivity index (χ4v) is 2.56. The van der Waals surface area contributed by atoms with E-state index in [-0.39, 0.29) is 6.61 Å². The Morgan fingerprint density at radius 3 is 3.05 bits per heavy atom. The van der Waals surface area contributed by atoms with Gasteiger partial charge in [0, 0.05) is 6.54 Å². The zero-order chi connectivity index (χ0) is 14.7. The highest BCUT2D eigenvalue weighted by Gasteiger charge is 2.13. The van der Waals surface area contributed by atoms with E-state index in [1.165, 1.54) is 17.7 Å². The lowest BCUT2D eigenvalue weighted by Gasteiger charge is -2.21. The van der Waals surface area contributed by atoms with Gasteiger partial charge in [0.25, 0.3) is 0 Å². The van der Waals surface area contributed by atoms with Gasteiger partial charge >= 0.3 is 0 Å². The van der Waals surface area contributed by atoms with Gasteiger partial charge in [0.1, 0.15) is 18.2 Å². The first-order valence-corrected chi connectivity index (χ1v) is 6.94. The van der Waals surface area contributed by atoms with E-state index in [0.29, 0.717) is 11.1 Å². The van der Waals surface area contributed by atoms with Crippen LogP contribution in [-0.4, -0.2) is 6.54 Å². The van der Waals surface area contributed by atoms with Gasteiger partial charge in [0.2, 0.25) is 0 Å². The molecule has 1 aliphatic rings. The summed E-state index contributed by atoms with van der Waals surface area (Å²) in [7, 11) is 0. The largest absolute Gasteiger partial charge is 0.487 e. The second-order valence-electron chi connectivity index (χ2n) is 5.07. The molecule has 2 aromatic carbocycles. The first kappa shape index (κ1) is 13.4. The molecule has 0 fully saturated rings. The summed E-state index contributed by atoms with van der Waals surface area (Å²) >= 11 is 0. The van der Waals surface area contributed by atoms with Crippen molar-refractivity contribution >= 4 is 5.69 Å². The lowest BCUT2D eigenvalue weighted by molar-refractivity contribution is 0.306. The number of aryl methyl sites for hydroxylation is 1. The Hall–Kier alpha value is -2.54. The normalized spacial score (nSPS) is 13.0. The van der Waals surface area contributed by atoms with Crippen LogP contribution < -0.4 is 10.1 Å². The molecule has 2 aromatic rings. The third-order valence-corrected chi connectivity index (χ3v) is 3.52. The summed E-state index contributed by atoms with van der Waals surface area (Å²) in [4.78, 5) is 0. The van der Waals surface area contributed by atoms with E-state index in [2.05, 4.69) is 11.4 Å². The highest BCUT2D eigenvalue weighted by Crippen LogP contribution is 2.32. The van der Waals surface area contributed by atoms with Crippen LogP contribution in [0.25, 0.3) is 0 Å². The lowest BCUT2D eigenvalue weighted by atomic mass is 10.0. The summed E-state index contributed by atoms with van der Waals surface area (Å²) in [5, 5.41) is 12.2. The minimum absolute atomic E-state index is 0.241. The van der Waals surface area contributed by atoms with Crippen molar-refractivity contribution in [3.8, 4) is 11.8 Å². The van der Waals surface area contributed by atoms with E-state index >= 15 is 0 Å². The molecule has 1 aliphatic heterocycles. The molecule has 0 saturated heterocycles. The SMILES string of the molecule is N#Cc1cc(F)cc(COc2cccc3c2NCCC3)c1. The van der Waals surface area contributed by atoms with E-state index in [4.69, 9.17) is 10.00 Å². The Morgan fingerprint density at radius 1 is 1.29 bits per heavy atom. The van der Waals surface area contributed by atoms with Crippen molar-refractivity contribution in [1.82, 2.24) is 0 Å². The van der Waals surface area contributed by atoms with Gasteiger partial charge in [-0.2, -0.15) is 5.26 Å². The lowest BCUT2D eigenvalue weighted by Crippen LogP contribution is -2.13. The van der Waals surface area contributed by atoms with Crippen LogP contribution in [0.15, 0.2) is 36.4 Å². The average Bonchev–Trinajstić information content (AvgIpc) is 2.52. The molecule has 0 amide bonds. The standard InChI is InChI=1S/C17H15FN2O/c18-15-8-12(10-19)7-13(9-15)11-21-16-5-1-3-14-4-2-6-20-17(14)16/h1,3,5,7-9,20H,2,4,6,11H2. The Labute approximate surface area is 123 Å². The average molecular weight is 282 g/mol. The molecule has 0 aliphatic carbocycles. The molecular weight excluding hydrogens is 267 g/mol. The van der Waals surface area contributed by atoms with E-state index in [9.17, 15) is 4.39 Å². The summed E-state index contributed by atoms with van der Waals surface area (Å²) in [6, 6.07) is 12.2. The zero-order valence-corrected chi connectivity index (χ0v) is 11.5. The summed E-state index contributed by atoms with van der Waals surface area (Å²) in [6.45, 7) is 1.18. The summed E-state index contributed by atoms with van der Waals surface area (Å²) < 4.78 is 19.2. The molecule has 1 heterocycles. The van der Waals surface area contributed by atoms with Crippen LogP contribution in [0.4, 0.5) is 10.1 Å². The van der Waals surface area contributed by atoms with Crippen molar-refractivity contribution in [3.05, 3.63) is 58.9 Å². The molecule has 1 N–H and O–H groups in total. The summed E-state index contributed by atoms with van der Waals surface area (Å²) in [6.07, 6.45) is 2.16. The molecule has 4 heteroatoms. The predicted molar refractivity (Wildman–Crippen MR) is 78.7 cm³/mol. The predicted octanol–water partition coefficient (Wildman–Crippen LogP) is 3.63. The maximum atomic E-state index is 13.4. The smallest absolute Gasteiger partial charge is 0.143 e. The van der Waals surface area contributed by atoms with E-state index in [0.717, 1.165) is 30.8 Å². The molecule has 0 atom stereocenters. The quantitative estimate of drug-likeness (QED) is 0.935. The van der Waals surface area contributed by atoms with Crippen molar-refractivity contribution in [2.24, 2.45) is 0 Å². The van der Waals surface area contributed by atoms with Crippen molar-refractivity contribution in [3.63, 3.8) is 0 Å². The second-order valence-corrected chi connectivity index (χ2v) is 5.07. The van der Waals surface area contributed by atoms with E-state index in [1.807, 2.05) is 18.2 Å². The van der Waals surface area contributed by atoms with Crippen LogP contribution in [0.1, 0.15) is 23.1 Å². The highest BCUT2D eigenvalue weighted by molar-refractivity contribution is 5.63. The van der Waals surface area contributed by atoms with Crippen LogP contribution in [0.3, 0.4) is 0 Å². The minimum atomic E-state index is -0.416. The summed E-state index contributed by atoms with van der Waals surface area (Å²) in [5.74, 6) is 0.357. The molecule has 0 unspecified atom stereocenters. The number of anilines is 1. The van der Waals surface area contributed by atoms with Gasteiger partial charge in [0.05, 0.1) is 17.3 Å². The van der Waals surface area contributed by atoms with Crippen LogP contribution in [0.2, 0.25) is 0 Å².